The molecule has 0 fully saturated rings. The third kappa shape index (κ3) is 2.62. The van der Waals surface area contributed by atoms with Crippen molar-refractivity contribution >= 4 is 5.78 Å². The summed E-state index contributed by atoms with van der Waals surface area (Å²) in [5, 5.41) is 0. The first-order chi connectivity index (χ1) is 8.72. The van der Waals surface area contributed by atoms with Crippen LogP contribution >= 0.6 is 0 Å². The zero-order valence-electron chi connectivity index (χ0n) is 10.6. The lowest BCUT2D eigenvalue weighted by Crippen LogP contribution is -2.02. The van der Waals surface area contributed by atoms with Crippen molar-refractivity contribution in [2.75, 3.05) is 6.61 Å². The number of furan rings is 1. The first kappa shape index (κ1) is 12.4. The zero-order chi connectivity index (χ0) is 13.0. The Bertz CT molecular complexity index is 523. The highest BCUT2D eigenvalue weighted by atomic mass is 16.5. The van der Waals surface area contributed by atoms with Crippen molar-refractivity contribution in [3.8, 4) is 5.75 Å². The number of benzene rings is 1. The fraction of sp³-hybridized carbons (Fsp3) is 0.267. The Morgan fingerprint density at radius 3 is 2.50 bits per heavy atom. The molecule has 0 aliphatic carbocycles. The standard InChI is InChI=1S/C15H16O3/c1-3-9-17-13-6-4-12(5-7-13)14(16)15-11(2)8-10-18-15/h4-8,10H,3,9H2,1-2H3. The lowest BCUT2D eigenvalue weighted by Gasteiger charge is -2.05. The Balaban J connectivity index is 2.15. The van der Waals surface area contributed by atoms with E-state index in [-0.39, 0.29) is 5.78 Å². The van der Waals surface area contributed by atoms with E-state index in [9.17, 15) is 4.79 Å². The van der Waals surface area contributed by atoms with Crippen LogP contribution in [0.25, 0.3) is 0 Å². The molecule has 3 heteroatoms. The van der Waals surface area contributed by atoms with E-state index in [0.717, 1.165) is 17.7 Å². The molecule has 18 heavy (non-hydrogen) atoms. The van der Waals surface area contributed by atoms with E-state index in [1.54, 1.807) is 30.3 Å². The van der Waals surface area contributed by atoms with Crippen LogP contribution in [0.1, 0.15) is 35.0 Å². The number of ketones is 1. The van der Waals surface area contributed by atoms with Crippen LogP contribution in [0.3, 0.4) is 0 Å². The summed E-state index contributed by atoms with van der Waals surface area (Å²) in [5.41, 5.74) is 1.46. The molecule has 3 nitrogen and oxygen atoms in total. The van der Waals surface area contributed by atoms with E-state index in [1.807, 2.05) is 6.92 Å². The molecule has 94 valence electrons. The van der Waals surface area contributed by atoms with Gasteiger partial charge in [0.1, 0.15) is 5.75 Å². The summed E-state index contributed by atoms with van der Waals surface area (Å²) >= 11 is 0. The fourth-order valence-electron chi connectivity index (χ4n) is 1.66. The van der Waals surface area contributed by atoms with Gasteiger partial charge in [0.2, 0.25) is 5.78 Å². The number of hydrogen-bond acceptors (Lipinski definition) is 3. The van der Waals surface area contributed by atoms with Gasteiger partial charge in [-0.3, -0.25) is 4.79 Å². The van der Waals surface area contributed by atoms with Crippen LogP contribution in [0.2, 0.25) is 0 Å². The summed E-state index contributed by atoms with van der Waals surface area (Å²) in [7, 11) is 0. The Hall–Kier alpha value is -2.03. The van der Waals surface area contributed by atoms with Crippen molar-refractivity contribution in [3.63, 3.8) is 0 Å². The summed E-state index contributed by atoms with van der Waals surface area (Å²) in [6.45, 7) is 4.59. The minimum absolute atomic E-state index is 0.0976. The van der Waals surface area contributed by atoms with E-state index < -0.39 is 0 Å². The van der Waals surface area contributed by atoms with Gasteiger partial charge in [-0.15, -0.1) is 0 Å². The van der Waals surface area contributed by atoms with Gasteiger partial charge in [-0.2, -0.15) is 0 Å². The summed E-state index contributed by atoms with van der Waals surface area (Å²) in [5.74, 6) is 1.08. The molecular weight excluding hydrogens is 228 g/mol. The molecule has 0 bridgehead atoms. The Morgan fingerprint density at radius 1 is 1.22 bits per heavy atom. The second-order valence-corrected chi connectivity index (χ2v) is 4.13. The number of carbonyl (C=O) groups is 1. The summed E-state index contributed by atoms with van der Waals surface area (Å²) in [6.07, 6.45) is 2.49. The molecular formula is C15H16O3. The van der Waals surface area contributed by atoms with Gasteiger partial charge in [0.05, 0.1) is 12.9 Å². The molecule has 1 aromatic carbocycles. The van der Waals surface area contributed by atoms with E-state index in [4.69, 9.17) is 9.15 Å². The molecule has 1 aromatic heterocycles. The average molecular weight is 244 g/mol. The normalized spacial score (nSPS) is 10.3. The Kier molecular flexibility index (Phi) is 3.82. The van der Waals surface area contributed by atoms with Gasteiger partial charge >= 0.3 is 0 Å². The topological polar surface area (TPSA) is 39.4 Å². The van der Waals surface area contributed by atoms with Gasteiger partial charge in [0.25, 0.3) is 0 Å². The number of carbonyl (C=O) groups excluding carboxylic acids is 1. The first-order valence-electron chi connectivity index (χ1n) is 6.04. The predicted octanol–water partition coefficient (Wildman–Crippen LogP) is 3.61. The number of ether oxygens (including phenoxy) is 1. The molecule has 0 spiro atoms. The van der Waals surface area contributed by atoms with Gasteiger partial charge in [-0.25, -0.2) is 0 Å². The van der Waals surface area contributed by atoms with Gasteiger partial charge < -0.3 is 9.15 Å². The van der Waals surface area contributed by atoms with Gasteiger partial charge in [-0.05, 0) is 49.2 Å². The van der Waals surface area contributed by atoms with Crippen molar-refractivity contribution in [2.45, 2.75) is 20.3 Å². The highest BCUT2D eigenvalue weighted by molar-refractivity contribution is 6.07. The highest BCUT2D eigenvalue weighted by Gasteiger charge is 2.14. The molecule has 0 saturated carbocycles. The number of hydrogen-bond donors (Lipinski definition) is 0. The average Bonchev–Trinajstić information content (AvgIpc) is 2.82. The van der Waals surface area contributed by atoms with Crippen LogP contribution in [-0.2, 0) is 0 Å². The first-order valence-corrected chi connectivity index (χ1v) is 6.04. The second kappa shape index (κ2) is 5.54. The third-order valence-corrected chi connectivity index (χ3v) is 2.66. The third-order valence-electron chi connectivity index (χ3n) is 2.66. The maximum absolute atomic E-state index is 12.1. The van der Waals surface area contributed by atoms with Crippen molar-refractivity contribution in [1.29, 1.82) is 0 Å². The summed E-state index contributed by atoms with van der Waals surface area (Å²) in [6, 6.07) is 8.92. The molecule has 0 aliphatic heterocycles. The lowest BCUT2D eigenvalue weighted by atomic mass is 10.1. The highest BCUT2D eigenvalue weighted by Crippen LogP contribution is 2.18. The predicted molar refractivity (Wildman–Crippen MR) is 69.1 cm³/mol. The van der Waals surface area contributed by atoms with Crippen LogP contribution in [0.4, 0.5) is 0 Å². The number of rotatable bonds is 5. The Morgan fingerprint density at radius 2 is 1.94 bits per heavy atom. The minimum atomic E-state index is -0.0976. The van der Waals surface area contributed by atoms with Crippen LogP contribution in [0, 0.1) is 6.92 Å². The zero-order valence-corrected chi connectivity index (χ0v) is 10.6. The lowest BCUT2D eigenvalue weighted by molar-refractivity contribution is 0.101. The van der Waals surface area contributed by atoms with Crippen molar-refractivity contribution in [2.24, 2.45) is 0 Å². The van der Waals surface area contributed by atoms with Crippen molar-refractivity contribution in [1.82, 2.24) is 0 Å². The number of aryl methyl sites for hydroxylation is 1. The maximum Gasteiger partial charge on any atom is 0.228 e. The molecule has 1 heterocycles. The molecule has 2 rings (SSSR count). The maximum atomic E-state index is 12.1. The monoisotopic (exact) mass is 244 g/mol. The van der Waals surface area contributed by atoms with Gasteiger partial charge in [-0.1, -0.05) is 6.92 Å². The Labute approximate surface area is 106 Å². The molecule has 0 atom stereocenters. The molecule has 0 amide bonds. The van der Waals surface area contributed by atoms with E-state index >= 15 is 0 Å². The van der Waals surface area contributed by atoms with Crippen LogP contribution in [0.15, 0.2) is 41.0 Å². The quantitative estimate of drug-likeness (QED) is 0.754. The SMILES string of the molecule is CCCOc1ccc(C(=O)c2occc2C)cc1. The fourth-order valence-corrected chi connectivity index (χ4v) is 1.66. The molecule has 2 aromatic rings. The molecule has 0 aliphatic rings. The van der Waals surface area contributed by atoms with Crippen molar-refractivity contribution in [3.05, 3.63) is 53.5 Å². The van der Waals surface area contributed by atoms with Crippen molar-refractivity contribution < 1.29 is 13.9 Å². The van der Waals surface area contributed by atoms with Gasteiger partial charge in [0, 0.05) is 5.56 Å². The molecule has 0 unspecified atom stereocenters. The van der Waals surface area contributed by atoms with E-state index in [0.29, 0.717) is 17.9 Å². The molecule has 0 N–H and O–H groups in total. The van der Waals surface area contributed by atoms with Crippen LogP contribution in [-0.4, -0.2) is 12.4 Å². The van der Waals surface area contributed by atoms with Crippen LogP contribution in [0.5, 0.6) is 5.75 Å². The summed E-state index contributed by atoms with van der Waals surface area (Å²) < 4.78 is 10.7. The second-order valence-electron chi connectivity index (χ2n) is 4.13. The smallest absolute Gasteiger partial charge is 0.228 e. The molecule has 0 radical (unpaired) electrons. The molecule has 0 saturated heterocycles. The van der Waals surface area contributed by atoms with Crippen LogP contribution < -0.4 is 4.74 Å². The largest absolute Gasteiger partial charge is 0.494 e. The van der Waals surface area contributed by atoms with Gasteiger partial charge in [0.15, 0.2) is 5.76 Å². The van der Waals surface area contributed by atoms with E-state index in [1.165, 1.54) is 6.26 Å². The van der Waals surface area contributed by atoms with E-state index in [2.05, 4.69) is 6.92 Å². The summed E-state index contributed by atoms with van der Waals surface area (Å²) in [4.78, 5) is 12.1. The minimum Gasteiger partial charge on any atom is -0.494 e.